The second kappa shape index (κ2) is 5.07. The fraction of sp³-hybridized carbons (Fsp3) is 0.0625. The topological polar surface area (TPSA) is 30.2 Å². The Hall–Kier alpha value is -2.01. The Morgan fingerprint density at radius 2 is 1.90 bits per heavy atom. The van der Waals surface area contributed by atoms with Gasteiger partial charge in [-0.1, -0.05) is 15.9 Å². The van der Waals surface area contributed by atoms with Crippen LogP contribution in [0.4, 0.5) is 8.78 Å². The van der Waals surface area contributed by atoms with Crippen molar-refractivity contribution in [2.24, 2.45) is 0 Å². The molecular weight excluding hydrogens is 342 g/mol. The van der Waals surface area contributed by atoms with Gasteiger partial charge in [0.05, 0.1) is 5.56 Å². The smallest absolute Gasteiger partial charge is 0.231 e. The zero-order valence-electron chi connectivity index (χ0n) is 10.9. The average Bonchev–Trinajstić information content (AvgIpc) is 2.78. The Morgan fingerprint density at radius 3 is 2.67 bits per heavy atom. The van der Waals surface area contributed by atoms with E-state index in [-0.39, 0.29) is 11.3 Å². The van der Waals surface area contributed by atoms with Crippen LogP contribution in [0.3, 0.4) is 0 Å². The first-order chi connectivity index (χ1) is 9.97. The van der Waals surface area contributed by atoms with E-state index < -0.39 is 17.4 Å². The monoisotopic (exact) mass is 350 g/mol. The molecule has 0 radical (unpaired) electrons. The summed E-state index contributed by atoms with van der Waals surface area (Å²) in [6, 6.07) is 8.08. The molecule has 21 heavy (non-hydrogen) atoms. The van der Waals surface area contributed by atoms with Gasteiger partial charge in [-0.15, -0.1) is 0 Å². The predicted molar refractivity (Wildman–Crippen MR) is 78.4 cm³/mol. The molecule has 0 N–H and O–H groups in total. The lowest BCUT2D eigenvalue weighted by Crippen LogP contribution is -2.05. The van der Waals surface area contributed by atoms with Gasteiger partial charge in [0, 0.05) is 15.4 Å². The van der Waals surface area contributed by atoms with Crippen LogP contribution in [0.15, 0.2) is 45.3 Å². The van der Waals surface area contributed by atoms with Crippen molar-refractivity contribution in [3.05, 3.63) is 69.4 Å². The van der Waals surface area contributed by atoms with Crippen molar-refractivity contribution in [1.82, 2.24) is 0 Å². The Kier molecular flexibility index (Phi) is 3.37. The minimum atomic E-state index is -0.776. The highest BCUT2D eigenvalue weighted by atomic mass is 79.9. The van der Waals surface area contributed by atoms with Gasteiger partial charge >= 0.3 is 0 Å². The van der Waals surface area contributed by atoms with Crippen LogP contribution in [0.1, 0.15) is 21.7 Å². The van der Waals surface area contributed by atoms with Crippen molar-refractivity contribution in [3.63, 3.8) is 0 Å². The van der Waals surface area contributed by atoms with Crippen molar-refractivity contribution in [1.29, 1.82) is 0 Å². The Balaban J connectivity index is 2.18. The zero-order chi connectivity index (χ0) is 15.1. The summed E-state index contributed by atoms with van der Waals surface area (Å²) in [5.41, 5.74) is 0.784. The number of halogens is 3. The second-order valence-corrected chi connectivity index (χ2v) is 5.57. The number of hydrogen-bond acceptors (Lipinski definition) is 2. The number of ketones is 1. The molecule has 0 bridgehead atoms. The first-order valence-corrected chi connectivity index (χ1v) is 6.95. The van der Waals surface area contributed by atoms with Gasteiger partial charge in [-0.3, -0.25) is 4.79 Å². The third-order valence-electron chi connectivity index (χ3n) is 3.28. The molecule has 5 heteroatoms. The summed E-state index contributed by atoms with van der Waals surface area (Å²) >= 11 is 3.34. The third kappa shape index (κ3) is 2.38. The predicted octanol–water partition coefficient (Wildman–Crippen LogP) is 5.01. The Morgan fingerprint density at radius 1 is 1.14 bits per heavy atom. The molecule has 0 aliphatic heterocycles. The largest absolute Gasteiger partial charge is 0.452 e. The lowest BCUT2D eigenvalue weighted by molar-refractivity contribution is 0.101. The van der Waals surface area contributed by atoms with Crippen LogP contribution >= 0.6 is 15.9 Å². The van der Waals surface area contributed by atoms with E-state index in [0.717, 1.165) is 28.1 Å². The van der Waals surface area contributed by atoms with Gasteiger partial charge in [0.2, 0.25) is 5.78 Å². The highest BCUT2D eigenvalue weighted by Gasteiger charge is 2.22. The number of hydrogen-bond donors (Lipinski definition) is 0. The van der Waals surface area contributed by atoms with Crippen molar-refractivity contribution in [3.8, 4) is 0 Å². The van der Waals surface area contributed by atoms with Crippen molar-refractivity contribution >= 4 is 32.7 Å². The van der Waals surface area contributed by atoms with Crippen molar-refractivity contribution in [2.45, 2.75) is 6.92 Å². The number of carbonyl (C=O) groups excluding carboxylic acids is 1. The number of furan rings is 1. The van der Waals surface area contributed by atoms with E-state index in [2.05, 4.69) is 15.9 Å². The van der Waals surface area contributed by atoms with E-state index in [1.807, 2.05) is 6.07 Å². The van der Waals surface area contributed by atoms with Crippen LogP contribution in [-0.4, -0.2) is 5.78 Å². The third-order valence-corrected chi connectivity index (χ3v) is 3.77. The summed E-state index contributed by atoms with van der Waals surface area (Å²) in [5.74, 6) is -2.09. The van der Waals surface area contributed by atoms with Gasteiger partial charge in [0.1, 0.15) is 17.2 Å². The minimum absolute atomic E-state index is 0.0209. The maximum absolute atomic E-state index is 13.7. The number of benzene rings is 2. The molecule has 106 valence electrons. The molecule has 0 saturated heterocycles. The van der Waals surface area contributed by atoms with Crippen LogP contribution in [0.25, 0.3) is 11.0 Å². The Bertz CT molecular complexity index is 868. The average molecular weight is 351 g/mol. The van der Waals surface area contributed by atoms with Gasteiger partial charge in [0.15, 0.2) is 5.76 Å². The molecule has 0 unspecified atom stereocenters. The molecule has 0 amide bonds. The highest BCUT2D eigenvalue weighted by molar-refractivity contribution is 9.10. The fourth-order valence-corrected chi connectivity index (χ4v) is 2.56. The second-order valence-electron chi connectivity index (χ2n) is 4.65. The van der Waals surface area contributed by atoms with Gasteiger partial charge in [-0.05, 0) is 43.3 Å². The molecular formula is C16H9BrF2O2. The molecule has 3 aromatic rings. The van der Waals surface area contributed by atoms with E-state index >= 15 is 0 Å². The molecule has 0 aliphatic carbocycles. The summed E-state index contributed by atoms with van der Waals surface area (Å²) in [6.45, 7) is 1.71. The first kappa shape index (κ1) is 13.9. The SMILES string of the molecule is Cc1c(C(=O)c2cc(F)ccc2F)oc2ccc(Br)cc12. The van der Waals surface area contributed by atoms with Crippen LogP contribution in [-0.2, 0) is 0 Å². The van der Waals surface area contributed by atoms with Crippen LogP contribution in [0.5, 0.6) is 0 Å². The number of fused-ring (bicyclic) bond motifs is 1. The molecule has 1 aromatic heterocycles. The summed E-state index contributed by atoms with van der Waals surface area (Å²) in [5, 5.41) is 0.754. The van der Waals surface area contributed by atoms with Crippen molar-refractivity contribution in [2.75, 3.05) is 0 Å². The molecule has 0 aliphatic rings. The lowest BCUT2D eigenvalue weighted by Gasteiger charge is -2.01. The zero-order valence-corrected chi connectivity index (χ0v) is 12.5. The van der Waals surface area contributed by atoms with Gasteiger partial charge in [0.25, 0.3) is 0 Å². The van der Waals surface area contributed by atoms with Gasteiger partial charge in [-0.25, -0.2) is 8.78 Å². The summed E-state index contributed by atoms with van der Waals surface area (Å²) in [7, 11) is 0. The molecule has 1 heterocycles. The maximum Gasteiger partial charge on any atom is 0.231 e. The lowest BCUT2D eigenvalue weighted by atomic mass is 10.0. The van der Waals surface area contributed by atoms with E-state index in [9.17, 15) is 13.6 Å². The number of carbonyl (C=O) groups is 1. The molecule has 0 atom stereocenters. The number of aryl methyl sites for hydroxylation is 1. The van der Waals surface area contributed by atoms with Crippen LogP contribution in [0, 0.1) is 18.6 Å². The van der Waals surface area contributed by atoms with Gasteiger partial charge in [-0.2, -0.15) is 0 Å². The van der Waals surface area contributed by atoms with E-state index in [0.29, 0.717) is 11.1 Å². The molecule has 0 spiro atoms. The van der Waals surface area contributed by atoms with Gasteiger partial charge < -0.3 is 4.42 Å². The first-order valence-electron chi connectivity index (χ1n) is 6.16. The molecule has 2 aromatic carbocycles. The quantitative estimate of drug-likeness (QED) is 0.608. The Labute approximate surface area is 127 Å². The molecule has 3 rings (SSSR count). The summed E-state index contributed by atoms with van der Waals surface area (Å²) in [4.78, 5) is 12.4. The normalized spacial score (nSPS) is 11.0. The van der Waals surface area contributed by atoms with E-state index in [4.69, 9.17) is 4.42 Å². The summed E-state index contributed by atoms with van der Waals surface area (Å²) in [6.07, 6.45) is 0. The summed E-state index contributed by atoms with van der Waals surface area (Å²) < 4.78 is 33.3. The van der Waals surface area contributed by atoms with E-state index in [1.54, 1.807) is 19.1 Å². The molecule has 0 fully saturated rings. The maximum atomic E-state index is 13.7. The van der Waals surface area contributed by atoms with E-state index in [1.165, 1.54) is 0 Å². The fourth-order valence-electron chi connectivity index (χ4n) is 2.20. The van der Waals surface area contributed by atoms with Crippen molar-refractivity contribution < 1.29 is 18.0 Å². The highest BCUT2D eigenvalue weighted by Crippen LogP contribution is 2.30. The standard InChI is InChI=1S/C16H9BrF2O2/c1-8-11-6-9(17)2-5-14(11)21-16(8)15(20)12-7-10(18)3-4-13(12)19/h2-7H,1H3. The minimum Gasteiger partial charge on any atom is -0.452 e. The number of rotatable bonds is 2. The van der Waals surface area contributed by atoms with Crippen LogP contribution in [0.2, 0.25) is 0 Å². The molecule has 0 saturated carbocycles. The van der Waals surface area contributed by atoms with Crippen LogP contribution < -0.4 is 0 Å². The molecule has 2 nitrogen and oxygen atoms in total.